The molecule has 2 amide bonds. The molecule has 5 rings (SSSR count). The predicted octanol–water partition coefficient (Wildman–Crippen LogP) is 5.29. The molecule has 0 bridgehead atoms. The maximum absolute atomic E-state index is 12.8. The largest absolute Gasteiger partial charge is 0.439 e. The molecule has 0 unspecified atom stereocenters. The fourth-order valence-corrected chi connectivity index (χ4v) is 4.24. The Hall–Kier alpha value is -3.78. The van der Waals surface area contributed by atoms with Crippen molar-refractivity contribution in [3.05, 3.63) is 65.3 Å². The Labute approximate surface area is 169 Å². The van der Waals surface area contributed by atoms with Gasteiger partial charge in [-0.25, -0.2) is 14.8 Å². The first-order valence-electron chi connectivity index (χ1n) is 8.83. The van der Waals surface area contributed by atoms with E-state index < -0.39 is 0 Å². The molecule has 1 N–H and O–H groups in total. The second-order valence-corrected chi connectivity index (χ2v) is 7.48. The molecule has 142 valence electrons. The Morgan fingerprint density at radius 2 is 1.97 bits per heavy atom. The van der Waals surface area contributed by atoms with Crippen molar-refractivity contribution in [2.45, 2.75) is 6.92 Å². The molecule has 0 aliphatic carbocycles. The van der Waals surface area contributed by atoms with Crippen molar-refractivity contribution in [1.82, 2.24) is 9.97 Å². The van der Waals surface area contributed by atoms with E-state index in [9.17, 15) is 9.59 Å². The first kappa shape index (κ1) is 17.3. The SMILES string of the molecule is Cc1cccc(Oc2ccc(N3C(=O)Nc4c(C=O)sc5nccc3c45)cc2)n1. The van der Waals surface area contributed by atoms with E-state index in [2.05, 4.69) is 15.3 Å². The Morgan fingerprint density at radius 1 is 1.14 bits per heavy atom. The van der Waals surface area contributed by atoms with Crippen LogP contribution in [0.3, 0.4) is 0 Å². The van der Waals surface area contributed by atoms with E-state index in [1.807, 2.05) is 19.1 Å². The van der Waals surface area contributed by atoms with Crippen LogP contribution in [0.25, 0.3) is 10.2 Å². The van der Waals surface area contributed by atoms with Gasteiger partial charge in [-0.05, 0) is 43.3 Å². The molecule has 4 aromatic rings. The summed E-state index contributed by atoms with van der Waals surface area (Å²) in [6.45, 7) is 1.90. The summed E-state index contributed by atoms with van der Waals surface area (Å²) in [6, 6.07) is 14.2. The summed E-state index contributed by atoms with van der Waals surface area (Å²) in [6.07, 6.45) is 2.38. The maximum atomic E-state index is 12.8. The van der Waals surface area contributed by atoms with Crippen molar-refractivity contribution in [3.8, 4) is 11.6 Å². The molecule has 4 heterocycles. The highest BCUT2D eigenvalue weighted by molar-refractivity contribution is 7.21. The topological polar surface area (TPSA) is 84.4 Å². The molecule has 7 nitrogen and oxygen atoms in total. The van der Waals surface area contributed by atoms with Gasteiger partial charge in [0.2, 0.25) is 5.88 Å². The summed E-state index contributed by atoms with van der Waals surface area (Å²) < 4.78 is 5.78. The van der Waals surface area contributed by atoms with Crippen LogP contribution in [0.1, 0.15) is 15.4 Å². The van der Waals surface area contributed by atoms with Gasteiger partial charge in [-0.3, -0.25) is 9.69 Å². The van der Waals surface area contributed by atoms with Crippen LogP contribution in [-0.2, 0) is 0 Å². The normalized spacial score (nSPS) is 12.7. The van der Waals surface area contributed by atoms with Gasteiger partial charge in [0.1, 0.15) is 10.6 Å². The van der Waals surface area contributed by atoms with Gasteiger partial charge in [-0.1, -0.05) is 6.07 Å². The third-order valence-electron chi connectivity index (χ3n) is 4.56. The van der Waals surface area contributed by atoms with Crippen molar-refractivity contribution in [3.63, 3.8) is 0 Å². The van der Waals surface area contributed by atoms with Crippen molar-refractivity contribution in [2.24, 2.45) is 0 Å². The third-order valence-corrected chi connectivity index (χ3v) is 5.58. The molecule has 0 saturated heterocycles. The quantitative estimate of drug-likeness (QED) is 0.469. The van der Waals surface area contributed by atoms with Gasteiger partial charge in [-0.15, -0.1) is 11.3 Å². The van der Waals surface area contributed by atoms with E-state index in [0.717, 1.165) is 17.4 Å². The number of ether oxygens (including phenoxy) is 1. The molecule has 0 spiro atoms. The van der Waals surface area contributed by atoms with Crippen LogP contribution >= 0.6 is 11.3 Å². The third kappa shape index (κ3) is 2.90. The highest BCUT2D eigenvalue weighted by Crippen LogP contribution is 2.45. The van der Waals surface area contributed by atoms with E-state index in [4.69, 9.17) is 4.74 Å². The molecule has 1 aliphatic heterocycles. The number of anilines is 3. The number of aldehydes is 1. The van der Waals surface area contributed by atoms with Crippen molar-refractivity contribution >= 4 is 50.9 Å². The van der Waals surface area contributed by atoms with E-state index in [1.54, 1.807) is 47.5 Å². The minimum absolute atomic E-state index is 0.333. The van der Waals surface area contributed by atoms with Crippen LogP contribution in [0.4, 0.5) is 21.9 Å². The summed E-state index contributed by atoms with van der Waals surface area (Å²) in [5, 5.41) is 3.58. The summed E-state index contributed by atoms with van der Waals surface area (Å²) in [5.41, 5.74) is 2.75. The van der Waals surface area contributed by atoms with Gasteiger partial charge < -0.3 is 10.1 Å². The molecule has 1 aromatic carbocycles. The first-order chi connectivity index (χ1) is 14.1. The number of carbonyl (C=O) groups excluding carboxylic acids is 2. The molecule has 0 fully saturated rings. The molecule has 8 heteroatoms. The van der Waals surface area contributed by atoms with Gasteiger partial charge in [0.15, 0.2) is 6.29 Å². The molecular weight excluding hydrogens is 388 g/mol. The fourth-order valence-electron chi connectivity index (χ4n) is 3.30. The number of hydrogen-bond acceptors (Lipinski definition) is 6. The molecule has 29 heavy (non-hydrogen) atoms. The number of benzene rings is 1. The number of pyridine rings is 2. The van der Waals surface area contributed by atoms with Gasteiger partial charge in [-0.2, -0.15) is 0 Å². The summed E-state index contributed by atoms with van der Waals surface area (Å²) in [5.74, 6) is 1.12. The number of carbonyl (C=O) groups is 2. The first-order valence-corrected chi connectivity index (χ1v) is 9.65. The minimum atomic E-state index is -0.333. The molecule has 0 atom stereocenters. The van der Waals surface area contributed by atoms with Crippen molar-refractivity contribution in [2.75, 3.05) is 10.2 Å². The van der Waals surface area contributed by atoms with Gasteiger partial charge in [0.05, 0.1) is 27.3 Å². The van der Waals surface area contributed by atoms with E-state index in [1.165, 1.54) is 11.3 Å². The lowest BCUT2D eigenvalue weighted by Gasteiger charge is -2.28. The van der Waals surface area contributed by atoms with Crippen LogP contribution in [-0.4, -0.2) is 22.3 Å². The van der Waals surface area contributed by atoms with Gasteiger partial charge in [0, 0.05) is 18.0 Å². The maximum Gasteiger partial charge on any atom is 0.331 e. The zero-order valence-corrected chi connectivity index (χ0v) is 16.1. The number of nitrogens with one attached hydrogen (secondary N) is 1. The number of rotatable bonds is 4. The number of aromatic nitrogens is 2. The van der Waals surface area contributed by atoms with Crippen LogP contribution < -0.4 is 15.0 Å². The summed E-state index contributed by atoms with van der Waals surface area (Å²) >= 11 is 1.26. The number of urea groups is 1. The van der Waals surface area contributed by atoms with Crippen molar-refractivity contribution < 1.29 is 14.3 Å². The average Bonchev–Trinajstić information content (AvgIpc) is 3.08. The number of hydrogen-bond donors (Lipinski definition) is 1. The minimum Gasteiger partial charge on any atom is -0.439 e. The highest BCUT2D eigenvalue weighted by Gasteiger charge is 2.30. The molecule has 0 saturated carbocycles. The van der Waals surface area contributed by atoms with Gasteiger partial charge >= 0.3 is 6.03 Å². The number of thiophene rings is 1. The van der Waals surface area contributed by atoms with Crippen molar-refractivity contribution in [1.29, 1.82) is 0 Å². The highest BCUT2D eigenvalue weighted by atomic mass is 32.1. The zero-order valence-electron chi connectivity index (χ0n) is 15.2. The Kier molecular flexibility index (Phi) is 3.99. The lowest BCUT2D eigenvalue weighted by molar-refractivity contribution is 0.112. The second kappa shape index (κ2) is 6.68. The smallest absolute Gasteiger partial charge is 0.331 e. The standard InChI is InChI=1S/C21H14N4O3S/c1-12-3-2-4-17(23-12)28-14-7-5-13(6-8-14)25-15-9-10-22-20-18(15)19(24-21(25)27)16(11-26)29-20/h2-11H,1H3,(H,24,27). The van der Waals surface area contributed by atoms with E-state index in [0.29, 0.717) is 38.4 Å². The summed E-state index contributed by atoms with van der Waals surface area (Å²) in [4.78, 5) is 35.6. The van der Waals surface area contributed by atoms with Crippen LogP contribution in [0.5, 0.6) is 11.6 Å². The lowest BCUT2D eigenvalue weighted by atomic mass is 10.1. The number of aryl methyl sites for hydroxylation is 1. The fraction of sp³-hybridized carbons (Fsp3) is 0.0476. The predicted molar refractivity (Wildman–Crippen MR) is 112 cm³/mol. The monoisotopic (exact) mass is 402 g/mol. The second-order valence-electron chi connectivity index (χ2n) is 6.45. The van der Waals surface area contributed by atoms with Crippen LogP contribution in [0.2, 0.25) is 0 Å². The Bertz CT molecular complexity index is 1270. The van der Waals surface area contributed by atoms with E-state index >= 15 is 0 Å². The molecule has 0 radical (unpaired) electrons. The van der Waals surface area contributed by atoms with Crippen LogP contribution in [0.15, 0.2) is 54.7 Å². The Balaban J connectivity index is 1.52. The summed E-state index contributed by atoms with van der Waals surface area (Å²) in [7, 11) is 0. The molecule has 3 aromatic heterocycles. The average molecular weight is 402 g/mol. The number of nitrogens with zero attached hydrogens (tertiary/aromatic N) is 3. The van der Waals surface area contributed by atoms with Crippen LogP contribution in [0, 0.1) is 6.92 Å². The Morgan fingerprint density at radius 3 is 2.72 bits per heavy atom. The van der Waals surface area contributed by atoms with E-state index in [-0.39, 0.29) is 6.03 Å². The lowest BCUT2D eigenvalue weighted by Crippen LogP contribution is -2.33. The van der Waals surface area contributed by atoms with Gasteiger partial charge in [0.25, 0.3) is 0 Å². The zero-order chi connectivity index (χ0) is 20.0. The molecular formula is C21H14N4O3S. The molecule has 1 aliphatic rings. The number of amides is 2.